The van der Waals surface area contributed by atoms with Crippen LogP contribution in [0.25, 0.3) is 22.2 Å². The van der Waals surface area contributed by atoms with Crippen LogP contribution in [0, 0.1) is 13.8 Å². The molecule has 0 N–H and O–H groups in total. The third kappa shape index (κ3) is 4.52. The molecule has 1 heterocycles. The van der Waals surface area contributed by atoms with Crippen molar-refractivity contribution in [3.8, 4) is 22.8 Å². The predicted octanol–water partition coefficient (Wildman–Crippen LogP) is 8.18. The van der Waals surface area contributed by atoms with E-state index in [0.717, 1.165) is 34.1 Å². The SMILES string of the molecule is Cc1cccc(Oc2cccc(-c3c4cccc(C(F)(F)F)c4nn3Cc3ccccc3)c2)c1C. The smallest absolute Gasteiger partial charge is 0.418 e. The van der Waals surface area contributed by atoms with Gasteiger partial charge in [-0.3, -0.25) is 4.68 Å². The van der Waals surface area contributed by atoms with Crippen molar-refractivity contribution in [2.24, 2.45) is 0 Å². The predicted molar refractivity (Wildman–Crippen MR) is 132 cm³/mol. The summed E-state index contributed by atoms with van der Waals surface area (Å²) in [5.74, 6) is 1.34. The first-order valence-corrected chi connectivity index (χ1v) is 11.3. The molecule has 0 fully saturated rings. The van der Waals surface area contributed by atoms with Crippen LogP contribution in [0.15, 0.2) is 91.0 Å². The monoisotopic (exact) mass is 472 g/mol. The molecular weight excluding hydrogens is 449 g/mol. The summed E-state index contributed by atoms with van der Waals surface area (Å²) in [7, 11) is 0. The molecule has 0 atom stereocenters. The maximum atomic E-state index is 13.8. The van der Waals surface area contributed by atoms with Gasteiger partial charge in [0.1, 0.15) is 17.0 Å². The molecule has 0 amide bonds. The minimum absolute atomic E-state index is 0.0632. The highest BCUT2D eigenvalue weighted by molar-refractivity contribution is 5.95. The van der Waals surface area contributed by atoms with Crippen molar-refractivity contribution >= 4 is 10.9 Å². The Hall–Kier alpha value is -4.06. The first-order valence-electron chi connectivity index (χ1n) is 11.3. The van der Waals surface area contributed by atoms with Crippen LogP contribution in [-0.2, 0) is 12.7 Å². The number of rotatable bonds is 5. The molecule has 176 valence electrons. The van der Waals surface area contributed by atoms with Gasteiger partial charge in [0, 0.05) is 10.9 Å². The van der Waals surface area contributed by atoms with Crippen LogP contribution in [-0.4, -0.2) is 9.78 Å². The van der Waals surface area contributed by atoms with Crippen LogP contribution < -0.4 is 4.74 Å². The zero-order chi connectivity index (χ0) is 24.6. The molecule has 5 aromatic rings. The highest BCUT2D eigenvalue weighted by atomic mass is 19.4. The van der Waals surface area contributed by atoms with E-state index < -0.39 is 11.7 Å². The van der Waals surface area contributed by atoms with E-state index in [1.54, 1.807) is 10.7 Å². The highest BCUT2D eigenvalue weighted by Crippen LogP contribution is 2.39. The van der Waals surface area contributed by atoms with Gasteiger partial charge in [0.05, 0.1) is 17.8 Å². The number of halogens is 3. The summed E-state index contributed by atoms with van der Waals surface area (Å²) in [4.78, 5) is 0. The molecule has 0 radical (unpaired) electrons. The Labute approximate surface area is 201 Å². The van der Waals surface area contributed by atoms with Gasteiger partial charge < -0.3 is 4.74 Å². The van der Waals surface area contributed by atoms with Crippen LogP contribution in [0.3, 0.4) is 0 Å². The summed E-state index contributed by atoms with van der Waals surface area (Å²) in [5, 5.41) is 4.89. The lowest BCUT2D eigenvalue weighted by Gasteiger charge is -2.13. The van der Waals surface area contributed by atoms with E-state index in [-0.39, 0.29) is 5.52 Å². The number of aryl methyl sites for hydroxylation is 1. The van der Waals surface area contributed by atoms with Gasteiger partial charge in [0.2, 0.25) is 0 Å². The lowest BCUT2D eigenvalue weighted by Crippen LogP contribution is -2.06. The summed E-state index contributed by atoms with van der Waals surface area (Å²) in [5.41, 5.74) is 3.63. The second kappa shape index (κ2) is 8.95. The molecule has 35 heavy (non-hydrogen) atoms. The van der Waals surface area contributed by atoms with Crippen LogP contribution in [0.1, 0.15) is 22.3 Å². The molecule has 0 saturated carbocycles. The van der Waals surface area contributed by atoms with E-state index in [0.29, 0.717) is 23.4 Å². The van der Waals surface area contributed by atoms with Gasteiger partial charge in [-0.2, -0.15) is 18.3 Å². The number of fused-ring (bicyclic) bond motifs is 1. The third-order valence-corrected chi connectivity index (χ3v) is 6.14. The molecular formula is C29H23F3N2O. The van der Waals surface area contributed by atoms with Crippen molar-refractivity contribution in [2.75, 3.05) is 0 Å². The minimum atomic E-state index is -4.50. The molecule has 5 rings (SSSR count). The minimum Gasteiger partial charge on any atom is -0.457 e. The fourth-order valence-electron chi connectivity index (χ4n) is 4.22. The first kappa shape index (κ1) is 22.7. The molecule has 0 bridgehead atoms. The van der Waals surface area contributed by atoms with Gasteiger partial charge in [-0.1, -0.05) is 66.7 Å². The van der Waals surface area contributed by atoms with Gasteiger partial charge in [0.15, 0.2) is 0 Å². The Morgan fingerprint density at radius 3 is 2.34 bits per heavy atom. The van der Waals surface area contributed by atoms with Crippen LogP contribution in [0.2, 0.25) is 0 Å². The van der Waals surface area contributed by atoms with Gasteiger partial charge in [-0.05, 0) is 54.8 Å². The van der Waals surface area contributed by atoms with E-state index in [1.807, 2.05) is 86.6 Å². The van der Waals surface area contributed by atoms with E-state index in [4.69, 9.17) is 4.74 Å². The summed E-state index contributed by atoms with van der Waals surface area (Å²) in [6.07, 6.45) is -4.50. The highest BCUT2D eigenvalue weighted by Gasteiger charge is 2.34. The van der Waals surface area contributed by atoms with Crippen LogP contribution >= 0.6 is 0 Å². The van der Waals surface area contributed by atoms with E-state index >= 15 is 0 Å². The number of nitrogens with zero attached hydrogens (tertiary/aromatic N) is 2. The first-order chi connectivity index (χ1) is 16.8. The summed E-state index contributed by atoms with van der Waals surface area (Å²) >= 11 is 0. The standard InChI is InChI=1S/C29H23F3N2O/c1-19-9-6-16-26(20(19)2)35-23-13-7-12-22(17-23)28-24-14-8-15-25(29(30,31)32)27(24)33-34(28)18-21-10-4-3-5-11-21/h3-17H,18H2,1-2H3. The van der Waals surface area contributed by atoms with E-state index in [9.17, 15) is 13.2 Å². The van der Waals surface area contributed by atoms with Crippen molar-refractivity contribution in [1.82, 2.24) is 9.78 Å². The fourth-order valence-corrected chi connectivity index (χ4v) is 4.22. The van der Waals surface area contributed by atoms with E-state index in [2.05, 4.69) is 5.10 Å². The summed E-state index contributed by atoms with van der Waals surface area (Å²) in [6, 6.07) is 27.0. The Morgan fingerprint density at radius 1 is 0.829 bits per heavy atom. The van der Waals surface area contributed by atoms with Crippen molar-refractivity contribution in [3.63, 3.8) is 0 Å². The third-order valence-electron chi connectivity index (χ3n) is 6.14. The molecule has 1 aromatic heterocycles. The fraction of sp³-hybridized carbons (Fsp3) is 0.138. The average Bonchev–Trinajstić information content (AvgIpc) is 3.20. The molecule has 0 aliphatic rings. The number of alkyl halides is 3. The zero-order valence-corrected chi connectivity index (χ0v) is 19.3. The molecule has 0 spiro atoms. The lowest BCUT2D eigenvalue weighted by molar-refractivity contribution is -0.136. The number of aromatic nitrogens is 2. The molecule has 6 heteroatoms. The molecule has 0 aliphatic heterocycles. The molecule has 4 aromatic carbocycles. The number of ether oxygens (including phenoxy) is 1. The average molecular weight is 473 g/mol. The largest absolute Gasteiger partial charge is 0.457 e. The molecule has 0 aliphatic carbocycles. The van der Waals surface area contributed by atoms with Crippen molar-refractivity contribution < 1.29 is 17.9 Å². The molecule has 0 unspecified atom stereocenters. The number of hydrogen-bond acceptors (Lipinski definition) is 2. The van der Waals surface area contributed by atoms with Crippen molar-refractivity contribution in [2.45, 2.75) is 26.6 Å². The zero-order valence-electron chi connectivity index (χ0n) is 19.3. The normalized spacial score (nSPS) is 11.7. The summed E-state index contributed by atoms with van der Waals surface area (Å²) < 4.78 is 49.2. The maximum absolute atomic E-state index is 13.8. The van der Waals surface area contributed by atoms with Crippen molar-refractivity contribution in [3.05, 3.63) is 113 Å². The molecule has 3 nitrogen and oxygen atoms in total. The Bertz CT molecular complexity index is 1500. The topological polar surface area (TPSA) is 27.1 Å². The van der Waals surface area contributed by atoms with Crippen LogP contribution in [0.5, 0.6) is 11.5 Å². The van der Waals surface area contributed by atoms with Gasteiger partial charge in [-0.25, -0.2) is 0 Å². The number of hydrogen-bond donors (Lipinski definition) is 0. The second-order valence-corrected chi connectivity index (χ2v) is 8.52. The Morgan fingerprint density at radius 2 is 1.57 bits per heavy atom. The van der Waals surface area contributed by atoms with Gasteiger partial charge in [-0.15, -0.1) is 0 Å². The Balaban J connectivity index is 1.65. The quantitative estimate of drug-likeness (QED) is 0.258. The van der Waals surface area contributed by atoms with E-state index in [1.165, 1.54) is 6.07 Å². The second-order valence-electron chi connectivity index (χ2n) is 8.52. The maximum Gasteiger partial charge on any atom is 0.418 e. The Kier molecular flexibility index (Phi) is 5.81. The molecule has 0 saturated heterocycles. The lowest BCUT2D eigenvalue weighted by atomic mass is 10.0. The van der Waals surface area contributed by atoms with Gasteiger partial charge in [0.25, 0.3) is 0 Å². The van der Waals surface area contributed by atoms with Crippen molar-refractivity contribution in [1.29, 1.82) is 0 Å². The van der Waals surface area contributed by atoms with Crippen LogP contribution in [0.4, 0.5) is 13.2 Å². The van der Waals surface area contributed by atoms with Gasteiger partial charge >= 0.3 is 6.18 Å². The number of benzene rings is 4. The summed E-state index contributed by atoms with van der Waals surface area (Å²) in [6.45, 7) is 4.35.